The maximum atomic E-state index is 2.40. The summed E-state index contributed by atoms with van der Waals surface area (Å²) >= 11 is 2.35. The molecule has 0 bridgehead atoms. The molecule has 0 saturated heterocycles. The Morgan fingerprint density at radius 3 is 1.06 bits per heavy atom. The summed E-state index contributed by atoms with van der Waals surface area (Å²) in [6, 6.07) is 0. The third-order valence-electron chi connectivity index (χ3n) is 3.60. The molecule has 0 aromatic rings. The quantitative estimate of drug-likeness (QED) is 0.630. The van der Waals surface area contributed by atoms with Crippen LogP contribution in [0.25, 0.3) is 0 Å². The number of hydrogen-bond donors (Lipinski definition) is 0. The molecular weight excluding hydrogens is 253 g/mol. The van der Waals surface area contributed by atoms with Crippen molar-refractivity contribution < 1.29 is 0 Å². The minimum atomic E-state index is 0.381. The molecule has 0 N–H and O–H groups in total. The summed E-state index contributed by atoms with van der Waals surface area (Å²) in [5.41, 5.74) is 1.17. The van der Waals surface area contributed by atoms with E-state index >= 15 is 0 Å². The van der Waals surface area contributed by atoms with Crippen molar-refractivity contribution in [1.29, 1.82) is 0 Å². The molecule has 0 aliphatic heterocycles. The third-order valence-corrected chi connectivity index (χ3v) is 4.52. The molecule has 1 unspecified atom stereocenters. The minimum absolute atomic E-state index is 0.381. The predicted octanol–water partition coefficient (Wildman–Crippen LogP) is 4.94. The summed E-state index contributed by atoms with van der Waals surface area (Å²) in [5, 5.41) is 1.28. The van der Waals surface area contributed by atoms with Crippen LogP contribution in [-0.2, 0) is 0 Å². The van der Waals surface area contributed by atoms with Gasteiger partial charge in [-0.3, -0.25) is 0 Å². The van der Waals surface area contributed by atoms with Gasteiger partial charge in [-0.15, -0.1) is 0 Å². The Hall–Kier alpha value is 0.543. The van der Waals surface area contributed by atoms with Crippen molar-refractivity contribution >= 4 is 16.5 Å². The van der Waals surface area contributed by atoms with E-state index in [1.165, 1.54) is 5.25 Å². The molecule has 16 heavy (non-hydrogen) atoms. The van der Waals surface area contributed by atoms with Crippen LogP contribution in [-0.4, -0.2) is 16.5 Å². The van der Waals surface area contributed by atoms with Gasteiger partial charge in [-0.2, -0.15) is 0 Å². The van der Waals surface area contributed by atoms with Gasteiger partial charge in [-0.25, -0.2) is 0 Å². The van der Waals surface area contributed by atoms with Gasteiger partial charge in [-0.1, -0.05) is 0 Å². The molecule has 0 rings (SSSR count). The first kappa shape index (κ1) is 16.5. The second-order valence-electron chi connectivity index (χ2n) is 8.39. The molecule has 1 atom stereocenters. The molecule has 0 aliphatic carbocycles. The van der Waals surface area contributed by atoms with E-state index in [0.29, 0.717) is 16.2 Å². The van der Waals surface area contributed by atoms with Crippen molar-refractivity contribution in [3.63, 3.8) is 0 Å². The van der Waals surface area contributed by atoms with Gasteiger partial charge in [0.2, 0.25) is 0 Å². The maximum absolute atomic E-state index is 2.40. The van der Waals surface area contributed by atoms with E-state index in [1.807, 2.05) is 0 Å². The van der Waals surface area contributed by atoms with Crippen LogP contribution in [0.2, 0.25) is 5.25 Å². The Morgan fingerprint density at radius 2 is 1.00 bits per heavy atom. The van der Waals surface area contributed by atoms with E-state index in [2.05, 4.69) is 78.8 Å². The Bertz CT molecular complexity index is 195. The van der Waals surface area contributed by atoms with Gasteiger partial charge in [0.1, 0.15) is 0 Å². The first-order chi connectivity index (χ1) is 6.81. The molecule has 1 heteroatoms. The molecule has 0 spiro atoms. The molecule has 0 amide bonds. The fourth-order valence-corrected chi connectivity index (χ4v) is 5.21. The number of rotatable bonds is 2. The fourth-order valence-electron chi connectivity index (χ4n) is 3.43. The molecule has 0 aromatic heterocycles. The van der Waals surface area contributed by atoms with Crippen molar-refractivity contribution in [2.45, 2.75) is 67.6 Å². The van der Waals surface area contributed by atoms with Crippen LogP contribution in [0, 0.1) is 28.1 Å². The van der Waals surface area contributed by atoms with Crippen LogP contribution in [0.4, 0.5) is 0 Å². The van der Waals surface area contributed by atoms with E-state index in [-0.39, 0.29) is 0 Å². The van der Waals surface area contributed by atoms with E-state index < -0.39 is 0 Å². The van der Waals surface area contributed by atoms with Crippen LogP contribution in [0.15, 0.2) is 0 Å². The first-order valence-corrected chi connectivity index (χ1v) is 7.94. The molecule has 0 saturated carbocycles. The summed E-state index contributed by atoms with van der Waals surface area (Å²) in [7, 11) is 0. The van der Waals surface area contributed by atoms with E-state index in [0.717, 1.165) is 11.8 Å². The number of hydrogen-bond acceptors (Lipinski definition) is 0. The summed E-state index contributed by atoms with van der Waals surface area (Å²) < 4.78 is 0. The van der Waals surface area contributed by atoms with Crippen LogP contribution in [0.1, 0.15) is 62.3 Å². The standard InChI is InChI=1S/C15H31Ge/c1-13(2,3)11(10-16)12(14(4,5)6)15(7,8)9/h11-12H,10H2,1-9H3. The zero-order chi connectivity index (χ0) is 13.4. The van der Waals surface area contributed by atoms with Gasteiger partial charge < -0.3 is 0 Å². The van der Waals surface area contributed by atoms with Crippen LogP contribution >= 0.6 is 0 Å². The van der Waals surface area contributed by atoms with Gasteiger partial charge in [0.15, 0.2) is 0 Å². The molecule has 0 aromatic carbocycles. The van der Waals surface area contributed by atoms with E-state index in [1.54, 1.807) is 0 Å². The predicted molar refractivity (Wildman–Crippen MR) is 75.9 cm³/mol. The second-order valence-corrected chi connectivity index (χ2v) is 9.24. The van der Waals surface area contributed by atoms with Gasteiger partial charge in [0.25, 0.3) is 0 Å². The van der Waals surface area contributed by atoms with Gasteiger partial charge in [0.05, 0.1) is 0 Å². The Labute approximate surface area is 112 Å². The van der Waals surface area contributed by atoms with Crippen LogP contribution in [0.5, 0.6) is 0 Å². The monoisotopic (exact) mass is 285 g/mol. The summed E-state index contributed by atoms with van der Waals surface area (Å²) in [6.45, 7) is 21.6. The summed E-state index contributed by atoms with van der Waals surface area (Å²) in [5.74, 6) is 1.54. The van der Waals surface area contributed by atoms with Gasteiger partial charge >= 0.3 is 112 Å². The zero-order valence-electron chi connectivity index (χ0n) is 12.9. The third kappa shape index (κ3) is 4.43. The topological polar surface area (TPSA) is 0 Å². The van der Waals surface area contributed by atoms with Crippen molar-refractivity contribution in [2.24, 2.45) is 28.1 Å². The Morgan fingerprint density at radius 1 is 0.688 bits per heavy atom. The van der Waals surface area contributed by atoms with Crippen molar-refractivity contribution in [2.75, 3.05) is 0 Å². The van der Waals surface area contributed by atoms with E-state index in [9.17, 15) is 0 Å². The molecule has 3 radical (unpaired) electrons. The molecule has 95 valence electrons. The van der Waals surface area contributed by atoms with Crippen LogP contribution < -0.4 is 0 Å². The van der Waals surface area contributed by atoms with Crippen molar-refractivity contribution in [3.8, 4) is 0 Å². The van der Waals surface area contributed by atoms with Crippen molar-refractivity contribution in [3.05, 3.63) is 0 Å². The average Bonchev–Trinajstić information content (AvgIpc) is 1.91. The van der Waals surface area contributed by atoms with Gasteiger partial charge in [0, 0.05) is 0 Å². The van der Waals surface area contributed by atoms with Crippen LogP contribution in [0.3, 0.4) is 0 Å². The molecule has 0 fully saturated rings. The molecule has 0 aliphatic rings. The Balaban J connectivity index is 5.35. The normalized spacial score (nSPS) is 16.7. The van der Waals surface area contributed by atoms with Crippen molar-refractivity contribution in [1.82, 2.24) is 0 Å². The summed E-state index contributed by atoms with van der Waals surface area (Å²) in [4.78, 5) is 0. The fraction of sp³-hybridized carbons (Fsp3) is 1.00. The molecular formula is C15H31Ge. The van der Waals surface area contributed by atoms with Gasteiger partial charge in [-0.05, 0) is 0 Å². The molecule has 0 nitrogen and oxygen atoms in total. The second kappa shape index (κ2) is 5.04. The Kier molecular flexibility index (Phi) is 5.21. The first-order valence-electron chi connectivity index (χ1n) is 6.46. The molecule has 0 heterocycles. The van der Waals surface area contributed by atoms with E-state index in [4.69, 9.17) is 0 Å². The SMILES string of the molecule is CC(C)(C)C([CH2][Ge])C(C(C)(C)C)C(C)(C)C. The summed E-state index contributed by atoms with van der Waals surface area (Å²) in [6.07, 6.45) is 0. The average molecular weight is 284 g/mol. The zero-order valence-corrected chi connectivity index (χ0v) is 15.0.